The Morgan fingerprint density at radius 3 is 2.77 bits per heavy atom. The van der Waals surface area contributed by atoms with E-state index in [1.165, 1.54) is 6.92 Å². The number of carbonyl (C=O) groups excluding carboxylic acids is 1. The van der Waals surface area contributed by atoms with Gasteiger partial charge in [0.15, 0.2) is 0 Å². The molecule has 0 radical (unpaired) electrons. The van der Waals surface area contributed by atoms with E-state index in [0.29, 0.717) is 5.06 Å². The maximum atomic E-state index is 12.8. The van der Waals surface area contributed by atoms with Gasteiger partial charge in [0.1, 0.15) is 12.6 Å². The quantitative estimate of drug-likeness (QED) is 0.694. The molecular weight excluding hydrogens is 182 g/mol. The summed E-state index contributed by atoms with van der Waals surface area (Å²) in [5.74, 6) is -3.48. The van der Waals surface area contributed by atoms with Crippen molar-refractivity contribution in [2.45, 2.75) is 25.3 Å². The Hall–Kier alpha value is -0.750. The molecule has 1 fully saturated rings. The zero-order chi connectivity index (χ0) is 10.1. The van der Waals surface area contributed by atoms with E-state index >= 15 is 0 Å². The third-order valence-electron chi connectivity index (χ3n) is 1.87. The van der Waals surface area contributed by atoms with Gasteiger partial charge in [0.05, 0.1) is 6.61 Å². The second-order valence-corrected chi connectivity index (χ2v) is 2.99. The molecule has 13 heavy (non-hydrogen) atoms. The average molecular weight is 194 g/mol. The molecule has 0 aliphatic carbocycles. The van der Waals surface area contributed by atoms with Crippen LogP contribution in [0.5, 0.6) is 0 Å². The smallest absolute Gasteiger partial charge is 0.267 e. The molecule has 1 aliphatic heterocycles. The van der Waals surface area contributed by atoms with Crippen molar-refractivity contribution in [3.8, 4) is 0 Å². The number of hydroxylamine groups is 2. The van der Waals surface area contributed by atoms with E-state index in [1.54, 1.807) is 0 Å². The number of alkyl halides is 2. The molecule has 2 N–H and O–H groups in total. The van der Waals surface area contributed by atoms with Crippen LogP contribution in [0.15, 0.2) is 0 Å². The van der Waals surface area contributed by atoms with Crippen molar-refractivity contribution in [1.82, 2.24) is 5.06 Å². The number of carbonyl (C=O) groups is 1. The summed E-state index contributed by atoms with van der Waals surface area (Å²) >= 11 is 0. The molecule has 0 spiro atoms. The van der Waals surface area contributed by atoms with Crippen molar-refractivity contribution < 1.29 is 18.4 Å². The highest BCUT2D eigenvalue weighted by molar-refractivity contribution is 5.82. The minimum Gasteiger partial charge on any atom is -0.318 e. The molecule has 4 nitrogen and oxygen atoms in total. The van der Waals surface area contributed by atoms with Gasteiger partial charge >= 0.3 is 0 Å². The van der Waals surface area contributed by atoms with E-state index < -0.39 is 24.4 Å². The van der Waals surface area contributed by atoms with Crippen LogP contribution in [0.3, 0.4) is 0 Å². The first-order valence-electron chi connectivity index (χ1n) is 4.04. The second kappa shape index (κ2) is 3.55. The maximum Gasteiger partial charge on any atom is 0.267 e. The van der Waals surface area contributed by atoms with Gasteiger partial charge in [-0.05, 0) is 0 Å². The zero-order valence-electron chi connectivity index (χ0n) is 7.30. The molecule has 1 rings (SSSR count). The van der Waals surface area contributed by atoms with E-state index in [4.69, 9.17) is 10.6 Å². The Labute approximate surface area is 74.6 Å². The topological polar surface area (TPSA) is 55.6 Å². The van der Waals surface area contributed by atoms with Crippen LogP contribution in [0, 0.1) is 0 Å². The SMILES string of the molecule is CCC(F)(F)CN1OCC(N)C1=O. The van der Waals surface area contributed by atoms with Gasteiger partial charge in [0.2, 0.25) is 0 Å². The Morgan fingerprint density at radius 2 is 2.38 bits per heavy atom. The molecule has 1 saturated heterocycles. The standard InChI is InChI=1S/C7H12F2N2O2/c1-2-7(8,9)4-11-6(12)5(10)3-13-11/h5H,2-4,10H2,1H3. The Kier molecular flexibility index (Phi) is 2.82. The number of hydrogen-bond donors (Lipinski definition) is 1. The molecule has 1 amide bonds. The van der Waals surface area contributed by atoms with Crippen LogP contribution >= 0.6 is 0 Å². The van der Waals surface area contributed by atoms with Crippen LogP contribution in [0.4, 0.5) is 8.78 Å². The second-order valence-electron chi connectivity index (χ2n) is 2.99. The van der Waals surface area contributed by atoms with Gasteiger partial charge in [0, 0.05) is 6.42 Å². The van der Waals surface area contributed by atoms with Crippen molar-refractivity contribution in [1.29, 1.82) is 0 Å². The predicted molar refractivity (Wildman–Crippen MR) is 40.9 cm³/mol. The van der Waals surface area contributed by atoms with E-state index in [-0.39, 0.29) is 13.0 Å². The van der Waals surface area contributed by atoms with E-state index in [9.17, 15) is 13.6 Å². The van der Waals surface area contributed by atoms with Gasteiger partial charge in [-0.15, -0.1) is 0 Å². The van der Waals surface area contributed by atoms with Crippen molar-refractivity contribution in [2.75, 3.05) is 13.2 Å². The number of halogens is 2. The lowest BCUT2D eigenvalue weighted by atomic mass is 10.2. The number of amides is 1. The first-order valence-corrected chi connectivity index (χ1v) is 4.04. The Balaban J connectivity index is 2.51. The Morgan fingerprint density at radius 1 is 1.77 bits per heavy atom. The van der Waals surface area contributed by atoms with E-state index in [1.807, 2.05) is 0 Å². The summed E-state index contributed by atoms with van der Waals surface area (Å²) in [5, 5.41) is 0.647. The van der Waals surface area contributed by atoms with Gasteiger partial charge in [-0.25, -0.2) is 13.8 Å². The number of rotatable bonds is 3. The molecule has 1 unspecified atom stereocenters. The van der Waals surface area contributed by atoms with Crippen molar-refractivity contribution in [3.63, 3.8) is 0 Å². The van der Waals surface area contributed by atoms with Gasteiger partial charge < -0.3 is 5.73 Å². The fourth-order valence-corrected chi connectivity index (χ4v) is 0.936. The molecular formula is C7H12F2N2O2. The zero-order valence-corrected chi connectivity index (χ0v) is 7.30. The molecule has 1 aliphatic rings. The van der Waals surface area contributed by atoms with E-state index in [2.05, 4.69) is 0 Å². The van der Waals surface area contributed by atoms with Crippen molar-refractivity contribution >= 4 is 5.91 Å². The summed E-state index contributed by atoms with van der Waals surface area (Å²) in [6.07, 6.45) is -0.324. The van der Waals surface area contributed by atoms with Gasteiger partial charge in [-0.3, -0.25) is 9.63 Å². The lowest BCUT2D eigenvalue weighted by Gasteiger charge is -2.20. The monoisotopic (exact) mass is 194 g/mol. The van der Waals surface area contributed by atoms with Crippen LogP contribution in [0.1, 0.15) is 13.3 Å². The minimum atomic E-state index is -2.90. The molecule has 6 heteroatoms. The Bertz CT molecular complexity index is 211. The molecule has 0 aromatic carbocycles. The molecule has 1 atom stereocenters. The summed E-state index contributed by atoms with van der Waals surface area (Å²) in [4.78, 5) is 15.7. The lowest BCUT2D eigenvalue weighted by Crippen LogP contribution is -2.40. The van der Waals surface area contributed by atoms with Gasteiger partial charge in [-0.2, -0.15) is 0 Å². The van der Waals surface area contributed by atoms with Crippen LogP contribution in [-0.2, 0) is 9.63 Å². The van der Waals surface area contributed by atoms with Crippen LogP contribution in [0.25, 0.3) is 0 Å². The van der Waals surface area contributed by atoms with Gasteiger partial charge in [-0.1, -0.05) is 6.92 Å². The number of nitrogens with zero attached hydrogens (tertiary/aromatic N) is 1. The number of nitrogens with two attached hydrogens (primary N) is 1. The molecule has 0 aromatic rings. The van der Waals surface area contributed by atoms with Crippen LogP contribution < -0.4 is 5.73 Å². The molecule has 0 aromatic heterocycles. The third-order valence-corrected chi connectivity index (χ3v) is 1.87. The summed E-state index contributed by atoms with van der Waals surface area (Å²) in [5.41, 5.74) is 5.27. The predicted octanol–water partition coefficient (Wildman–Crippen LogP) is 0.133. The van der Waals surface area contributed by atoms with Crippen LogP contribution in [0.2, 0.25) is 0 Å². The summed E-state index contributed by atoms with van der Waals surface area (Å²) in [7, 11) is 0. The van der Waals surface area contributed by atoms with Crippen molar-refractivity contribution in [3.05, 3.63) is 0 Å². The lowest BCUT2D eigenvalue weighted by molar-refractivity contribution is -0.183. The fourth-order valence-electron chi connectivity index (χ4n) is 0.936. The first kappa shape index (κ1) is 10.3. The first-order chi connectivity index (χ1) is 5.96. The molecule has 1 heterocycles. The average Bonchev–Trinajstić information content (AvgIpc) is 2.36. The van der Waals surface area contributed by atoms with E-state index in [0.717, 1.165) is 0 Å². The summed E-state index contributed by atoms with van der Waals surface area (Å²) in [6, 6.07) is -0.798. The molecule has 0 saturated carbocycles. The highest BCUT2D eigenvalue weighted by atomic mass is 19.3. The van der Waals surface area contributed by atoms with Gasteiger partial charge in [0.25, 0.3) is 11.8 Å². The highest BCUT2D eigenvalue weighted by Crippen LogP contribution is 2.21. The van der Waals surface area contributed by atoms with Crippen LogP contribution in [-0.4, -0.2) is 36.1 Å². The molecule has 0 bridgehead atoms. The third kappa shape index (κ3) is 2.35. The molecule has 76 valence electrons. The normalized spacial score (nSPS) is 24.2. The largest absolute Gasteiger partial charge is 0.318 e. The highest BCUT2D eigenvalue weighted by Gasteiger charge is 2.38. The summed E-state index contributed by atoms with van der Waals surface area (Å²) < 4.78 is 25.6. The number of hydrogen-bond acceptors (Lipinski definition) is 3. The fraction of sp³-hybridized carbons (Fsp3) is 0.857. The van der Waals surface area contributed by atoms with Crippen molar-refractivity contribution in [2.24, 2.45) is 5.73 Å². The maximum absolute atomic E-state index is 12.8. The minimum absolute atomic E-state index is 0.0153. The summed E-state index contributed by atoms with van der Waals surface area (Å²) in [6.45, 7) is 0.620.